The van der Waals surface area contributed by atoms with E-state index in [-0.39, 0.29) is 5.56 Å². The number of fused-ring (bicyclic) bond motifs is 1. The van der Waals surface area contributed by atoms with Crippen molar-refractivity contribution < 1.29 is 9.90 Å². The fourth-order valence-electron chi connectivity index (χ4n) is 3.53. The molecule has 1 aromatic carbocycles. The van der Waals surface area contributed by atoms with Crippen LogP contribution < -0.4 is 16.6 Å². The lowest BCUT2D eigenvalue weighted by Crippen LogP contribution is -2.50. The van der Waals surface area contributed by atoms with E-state index in [0.29, 0.717) is 15.7 Å². The van der Waals surface area contributed by atoms with E-state index < -0.39 is 39.9 Å². The molecule has 9 nitrogen and oxygen atoms in total. The third kappa shape index (κ3) is 2.25. The van der Waals surface area contributed by atoms with Crippen molar-refractivity contribution in [3.8, 4) is 18.0 Å². The number of carbonyl (C=O) groups excluding carboxylic acids is 1. The van der Waals surface area contributed by atoms with Gasteiger partial charge in [0, 0.05) is 24.3 Å². The summed E-state index contributed by atoms with van der Waals surface area (Å²) < 4.78 is 2.19. The van der Waals surface area contributed by atoms with Crippen molar-refractivity contribution in [2.24, 2.45) is 20.0 Å². The summed E-state index contributed by atoms with van der Waals surface area (Å²) in [4.78, 5) is 38.3. The number of halogens is 1. The Balaban J connectivity index is 2.62. The topological polar surface area (TPSA) is 141 Å². The fourth-order valence-corrected chi connectivity index (χ4v) is 3.88. The highest BCUT2D eigenvalue weighted by molar-refractivity contribution is 9.10. The molecule has 1 amide bonds. The molecule has 0 spiro atoms. The molecule has 10 heteroatoms. The third-order valence-corrected chi connectivity index (χ3v) is 5.90. The lowest BCUT2D eigenvalue weighted by Gasteiger charge is -2.29. The van der Waals surface area contributed by atoms with Gasteiger partial charge in [-0.25, -0.2) is 4.79 Å². The number of rotatable bonds is 2. The maximum atomic E-state index is 13.2. The molecule has 1 aliphatic heterocycles. The number of nitriles is 2. The highest BCUT2D eigenvalue weighted by Crippen LogP contribution is 2.49. The van der Waals surface area contributed by atoms with E-state index in [0.717, 1.165) is 9.13 Å². The summed E-state index contributed by atoms with van der Waals surface area (Å²) in [5, 5.41) is 32.5. The summed E-state index contributed by atoms with van der Waals surface area (Å²) in [6, 6.07) is 6.70. The molecule has 0 aliphatic carbocycles. The molecule has 0 bridgehead atoms. The van der Waals surface area contributed by atoms with Crippen LogP contribution in [0, 0.1) is 35.5 Å². The zero-order valence-electron chi connectivity index (χ0n) is 15.1. The van der Waals surface area contributed by atoms with Gasteiger partial charge in [0.05, 0.1) is 12.1 Å². The van der Waals surface area contributed by atoms with Crippen molar-refractivity contribution >= 4 is 27.5 Å². The van der Waals surface area contributed by atoms with Gasteiger partial charge in [-0.1, -0.05) is 22.0 Å². The molecule has 2 heterocycles. The average Bonchev–Trinajstić information content (AvgIpc) is 2.92. The first-order chi connectivity index (χ1) is 13.1. The summed E-state index contributed by atoms with van der Waals surface area (Å²) in [5.74, 6) is -3.21. The standard InChI is InChI=1S/C18H14BrN5O4/c1-8-4-10-12(5-11(8)19)22-16(27)18(10,9(6-20)7-21)13-14(25)23(2)17(28)24(3)15(13)26/h4-5,9,25H,1-3H3,(H,22,27)/t18-/m0/s1. The van der Waals surface area contributed by atoms with E-state index >= 15 is 0 Å². The van der Waals surface area contributed by atoms with E-state index in [1.807, 2.05) is 0 Å². The van der Waals surface area contributed by atoms with Crippen LogP contribution in [-0.4, -0.2) is 20.1 Å². The van der Waals surface area contributed by atoms with Gasteiger partial charge in [0.25, 0.3) is 5.56 Å². The van der Waals surface area contributed by atoms with Crippen LogP contribution in [0.3, 0.4) is 0 Å². The number of aryl methyl sites for hydroxylation is 1. The molecule has 0 radical (unpaired) electrons. The van der Waals surface area contributed by atoms with Gasteiger partial charge in [-0.3, -0.25) is 18.7 Å². The molecule has 0 saturated heterocycles. The van der Waals surface area contributed by atoms with Crippen LogP contribution in [0.2, 0.25) is 0 Å². The zero-order valence-corrected chi connectivity index (χ0v) is 16.7. The number of benzene rings is 1. The van der Waals surface area contributed by atoms with E-state index in [1.165, 1.54) is 14.1 Å². The van der Waals surface area contributed by atoms with Crippen LogP contribution in [0.25, 0.3) is 0 Å². The molecule has 0 fully saturated rings. The molecule has 1 atom stereocenters. The molecule has 1 aromatic heterocycles. The number of hydrogen-bond acceptors (Lipinski definition) is 6. The third-order valence-electron chi connectivity index (χ3n) is 5.05. The maximum Gasteiger partial charge on any atom is 0.333 e. The van der Waals surface area contributed by atoms with E-state index in [9.17, 15) is 30.0 Å². The van der Waals surface area contributed by atoms with Gasteiger partial charge in [-0.2, -0.15) is 10.5 Å². The number of anilines is 1. The van der Waals surface area contributed by atoms with Crippen LogP contribution in [0.1, 0.15) is 16.7 Å². The van der Waals surface area contributed by atoms with Gasteiger partial charge >= 0.3 is 5.69 Å². The zero-order chi connectivity index (χ0) is 21.0. The van der Waals surface area contributed by atoms with Crippen LogP contribution in [0.5, 0.6) is 5.88 Å². The monoisotopic (exact) mass is 443 g/mol. The van der Waals surface area contributed by atoms with E-state index in [2.05, 4.69) is 21.2 Å². The highest BCUT2D eigenvalue weighted by atomic mass is 79.9. The summed E-state index contributed by atoms with van der Waals surface area (Å²) in [5.41, 5.74) is -3.17. The normalized spacial score (nSPS) is 17.8. The molecule has 3 rings (SSSR count). The molecular formula is C18H14BrN5O4. The molecule has 0 unspecified atom stereocenters. The number of hydrogen-bond donors (Lipinski definition) is 2. The predicted molar refractivity (Wildman–Crippen MR) is 102 cm³/mol. The molecule has 0 saturated carbocycles. The average molecular weight is 444 g/mol. The Morgan fingerprint density at radius 2 is 1.79 bits per heavy atom. The van der Waals surface area contributed by atoms with Crippen LogP contribution in [-0.2, 0) is 24.3 Å². The molecule has 1 aliphatic rings. The summed E-state index contributed by atoms with van der Waals surface area (Å²) >= 11 is 3.35. The largest absolute Gasteiger partial charge is 0.494 e. The van der Waals surface area contributed by atoms with Gasteiger partial charge in [-0.05, 0) is 24.1 Å². The lowest BCUT2D eigenvalue weighted by atomic mass is 9.67. The van der Waals surface area contributed by atoms with Crippen molar-refractivity contribution in [2.75, 3.05) is 5.32 Å². The van der Waals surface area contributed by atoms with Gasteiger partial charge in [0.2, 0.25) is 11.8 Å². The Bertz CT molecular complexity index is 1230. The molecule has 2 N–H and O–H groups in total. The number of nitrogens with zero attached hydrogens (tertiary/aromatic N) is 4. The minimum atomic E-state index is -2.10. The number of amides is 1. The molecular weight excluding hydrogens is 430 g/mol. The summed E-state index contributed by atoms with van der Waals surface area (Å²) in [7, 11) is 2.42. The smallest absolute Gasteiger partial charge is 0.333 e. The van der Waals surface area contributed by atoms with Gasteiger partial charge in [0.1, 0.15) is 11.0 Å². The SMILES string of the molecule is Cc1cc2c(cc1Br)NC(=O)[C@@]2(c1c(O)n(C)c(=O)n(C)c1=O)C(C#N)C#N. The van der Waals surface area contributed by atoms with Crippen molar-refractivity contribution in [3.05, 3.63) is 54.1 Å². The minimum Gasteiger partial charge on any atom is -0.494 e. The Morgan fingerprint density at radius 3 is 2.36 bits per heavy atom. The van der Waals surface area contributed by atoms with Gasteiger partial charge < -0.3 is 10.4 Å². The van der Waals surface area contributed by atoms with E-state index in [4.69, 9.17) is 0 Å². The number of nitrogens with one attached hydrogen (secondary N) is 1. The lowest BCUT2D eigenvalue weighted by molar-refractivity contribution is -0.120. The highest BCUT2D eigenvalue weighted by Gasteiger charge is 2.58. The van der Waals surface area contributed by atoms with Crippen molar-refractivity contribution in [3.63, 3.8) is 0 Å². The van der Waals surface area contributed by atoms with Gasteiger partial charge in [0.15, 0.2) is 5.92 Å². The molecule has 2 aromatic rings. The summed E-state index contributed by atoms with van der Waals surface area (Å²) in [6.45, 7) is 1.74. The first-order valence-electron chi connectivity index (χ1n) is 8.03. The van der Waals surface area contributed by atoms with Crippen LogP contribution >= 0.6 is 15.9 Å². The quantitative estimate of drug-likeness (QED) is 0.701. The minimum absolute atomic E-state index is 0.206. The van der Waals surface area contributed by atoms with Crippen LogP contribution in [0.15, 0.2) is 26.2 Å². The molecule has 28 heavy (non-hydrogen) atoms. The second-order valence-corrected chi connectivity index (χ2v) is 7.36. The first kappa shape index (κ1) is 19.4. The Labute approximate surface area is 167 Å². The summed E-state index contributed by atoms with van der Waals surface area (Å²) in [6.07, 6.45) is 0. The van der Waals surface area contributed by atoms with E-state index in [1.54, 1.807) is 31.2 Å². The first-order valence-corrected chi connectivity index (χ1v) is 8.82. The van der Waals surface area contributed by atoms with Crippen molar-refractivity contribution in [1.29, 1.82) is 10.5 Å². The number of aromatic nitrogens is 2. The Morgan fingerprint density at radius 1 is 1.18 bits per heavy atom. The maximum absolute atomic E-state index is 13.2. The number of aromatic hydroxyl groups is 1. The fraction of sp³-hybridized carbons (Fsp3) is 0.278. The molecule has 142 valence electrons. The van der Waals surface area contributed by atoms with Crippen LogP contribution in [0.4, 0.5) is 5.69 Å². The Hall–Kier alpha value is -3.37. The number of carbonyl (C=O) groups is 1. The second-order valence-electron chi connectivity index (χ2n) is 6.50. The van der Waals surface area contributed by atoms with Gasteiger partial charge in [-0.15, -0.1) is 0 Å². The van der Waals surface area contributed by atoms with Crippen molar-refractivity contribution in [1.82, 2.24) is 9.13 Å². The predicted octanol–water partition coefficient (Wildman–Crippen LogP) is 0.762. The second kappa shape index (κ2) is 6.36. The Kier molecular flexibility index (Phi) is 4.40. The van der Waals surface area contributed by atoms with Crippen molar-refractivity contribution in [2.45, 2.75) is 12.3 Å².